The quantitative estimate of drug-likeness (QED) is 0.904. The smallest absolute Gasteiger partial charge is 0.308 e. The fourth-order valence-electron chi connectivity index (χ4n) is 3.02. The Morgan fingerprint density at radius 2 is 2.09 bits per heavy atom. The molecule has 1 aromatic heterocycles. The van der Waals surface area contributed by atoms with Crippen LogP contribution in [0.25, 0.3) is 0 Å². The lowest BCUT2D eigenvalue weighted by Gasteiger charge is -2.35. The fourth-order valence-corrected chi connectivity index (χ4v) is 3.02. The lowest BCUT2D eigenvalue weighted by molar-refractivity contribution is -0.143. The van der Waals surface area contributed by atoms with Crippen molar-refractivity contribution in [3.05, 3.63) is 17.5 Å². The van der Waals surface area contributed by atoms with Crippen molar-refractivity contribution in [2.24, 2.45) is 5.92 Å². The highest BCUT2D eigenvalue weighted by atomic mass is 16.5. The second kappa shape index (κ2) is 6.94. The number of rotatable bonds is 5. The Morgan fingerprint density at radius 3 is 2.68 bits per heavy atom. The standard InChI is InChI=1S/C16H24N2O4/c1-4-11(5-2)13-8-14(22-17-13)15(19)18-9-12(16(20)21)7-6-10(18)3/h8,10-12H,4-7,9H2,1-3H3,(H,20,21). The van der Waals surface area contributed by atoms with Gasteiger partial charge < -0.3 is 14.5 Å². The van der Waals surface area contributed by atoms with Gasteiger partial charge in [-0.2, -0.15) is 0 Å². The van der Waals surface area contributed by atoms with Gasteiger partial charge in [-0.3, -0.25) is 9.59 Å². The van der Waals surface area contributed by atoms with E-state index in [-0.39, 0.29) is 30.2 Å². The molecule has 6 heteroatoms. The lowest BCUT2D eigenvalue weighted by atomic mass is 9.93. The molecule has 2 atom stereocenters. The third-order valence-corrected chi connectivity index (χ3v) is 4.64. The number of aromatic nitrogens is 1. The maximum absolute atomic E-state index is 12.6. The van der Waals surface area contributed by atoms with Crippen LogP contribution in [-0.2, 0) is 4.79 Å². The number of hydrogen-bond donors (Lipinski definition) is 1. The zero-order valence-corrected chi connectivity index (χ0v) is 13.4. The molecule has 0 radical (unpaired) electrons. The van der Waals surface area contributed by atoms with Crippen molar-refractivity contribution in [3.8, 4) is 0 Å². The van der Waals surface area contributed by atoms with E-state index in [9.17, 15) is 9.59 Å². The summed E-state index contributed by atoms with van der Waals surface area (Å²) >= 11 is 0. The molecule has 0 saturated carbocycles. The van der Waals surface area contributed by atoms with E-state index in [2.05, 4.69) is 19.0 Å². The molecule has 122 valence electrons. The maximum atomic E-state index is 12.6. The summed E-state index contributed by atoms with van der Waals surface area (Å²) in [6, 6.07) is 1.72. The summed E-state index contributed by atoms with van der Waals surface area (Å²) in [6.45, 7) is 6.33. The van der Waals surface area contributed by atoms with Crippen LogP contribution in [0.1, 0.15) is 68.6 Å². The van der Waals surface area contributed by atoms with E-state index < -0.39 is 11.9 Å². The van der Waals surface area contributed by atoms with E-state index in [1.54, 1.807) is 11.0 Å². The van der Waals surface area contributed by atoms with Gasteiger partial charge in [0.15, 0.2) is 0 Å². The predicted molar refractivity (Wildman–Crippen MR) is 80.7 cm³/mol. The van der Waals surface area contributed by atoms with Gasteiger partial charge in [0.2, 0.25) is 5.76 Å². The molecule has 1 aliphatic rings. The molecule has 22 heavy (non-hydrogen) atoms. The molecule has 2 heterocycles. The van der Waals surface area contributed by atoms with Gasteiger partial charge in [0, 0.05) is 24.6 Å². The number of hydrogen-bond acceptors (Lipinski definition) is 4. The van der Waals surface area contributed by atoms with E-state index in [1.165, 1.54) is 0 Å². The number of carbonyl (C=O) groups is 2. The lowest BCUT2D eigenvalue weighted by Crippen LogP contribution is -2.47. The average molecular weight is 308 g/mol. The molecule has 1 aromatic rings. The SMILES string of the molecule is CCC(CC)c1cc(C(=O)N2CC(C(=O)O)CCC2C)on1. The Bertz CT molecular complexity index is 536. The second-order valence-corrected chi connectivity index (χ2v) is 6.05. The summed E-state index contributed by atoms with van der Waals surface area (Å²) in [6.07, 6.45) is 3.18. The van der Waals surface area contributed by atoms with Crippen LogP contribution in [0.15, 0.2) is 10.6 Å². The van der Waals surface area contributed by atoms with Gasteiger partial charge in [-0.1, -0.05) is 19.0 Å². The molecule has 6 nitrogen and oxygen atoms in total. The van der Waals surface area contributed by atoms with E-state index in [0.717, 1.165) is 18.5 Å². The predicted octanol–water partition coefficient (Wildman–Crippen LogP) is 2.90. The summed E-state index contributed by atoms with van der Waals surface area (Å²) in [7, 11) is 0. The highest BCUT2D eigenvalue weighted by molar-refractivity contribution is 5.92. The number of aliphatic carboxylic acids is 1. The van der Waals surface area contributed by atoms with Crippen molar-refractivity contribution in [1.29, 1.82) is 0 Å². The van der Waals surface area contributed by atoms with Crippen LogP contribution < -0.4 is 0 Å². The van der Waals surface area contributed by atoms with Gasteiger partial charge in [-0.25, -0.2) is 0 Å². The zero-order valence-electron chi connectivity index (χ0n) is 13.4. The summed E-state index contributed by atoms with van der Waals surface area (Å²) in [4.78, 5) is 25.3. The summed E-state index contributed by atoms with van der Waals surface area (Å²) < 4.78 is 5.22. The van der Waals surface area contributed by atoms with Crippen molar-refractivity contribution in [1.82, 2.24) is 10.1 Å². The van der Waals surface area contributed by atoms with Gasteiger partial charge >= 0.3 is 5.97 Å². The first-order valence-corrected chi connectivity index (χ1v) is 7.98. The van der Waals surface area contributed by atoms with Gasteiger partial charge in [0.05, 0.1) is 11.6 Å². The van der Waals surface area contributed by atoms with Gasteiger partial charge in [-0.05, 0) is 32.6 Å². The summed E-state index contributed by atoms with van der Waals surface area (Å²) in [5, 5.41) is 13.2. The molecule has 1 N–H and O–H groups in total. The molecule has 0 aromatic carbocycles. The number of carboxylic acids is 1. The van der Waals surface area contributed by atoms with Crippen molar-refractivity contribution >= 4 is 11.9 Å². The fraction of sp³-hybridized carbons (Fsp3) is 0.688. The van der Waals surface area contributed by atoms with Crippen LogP contribution in [0, 0.1) is 5.92 Å². The van der Waals surface area contributed by atoms with Crippen molar-refractivity contribution in [2.45, 2.75) is 58.4 Å². The Morgan fingerprint density at radius 1 is 1.41 bits per heavy atom. The molecule has 1 saturated heterocycles. The van der Waals surface area contributed by atoms with Crippen molar-refractivity contribution in [2.75, 3.05) is 6.54 Å². The second-order valence-electron chi connectivity index (χ2n) is 6.05. The highest BCUT2D eigenvalue weighted by Gasteiger charge is 2.34. The monoisotopic (exact) mass is 308 g/mol. The van der Waals surface area contributed by atoms with Crippen LogP contribution >= 0.6 is 0 Å². The molecule has 1 fully saturated rings. The van der Waals surface area contributed by atoms with E-state index in [4.69, 9.17) is 9.63 Å². The maximum Gasteiger partial charge on any atom is 0.308 e. The minimum atomic E-state index is -0.847. The number of carbonyl (C=O) groups excluding carboxylic acids is 1. The van der Waals surface area contributed by atoms with Crippen molar-refractivity contribution in [3.63, 3.8) is 0 Å². The Hall–Kier alpha value is -1.85. The summed E-state index contributed by atoms with van der Waals surface area (Å²) in [5.74, 6) is -1.11. The summed E-state index contributed by atoms with van der Waals surface area (Å²) in [5.41, 5.74) is 0.799. The molecular weight excluding hydrogens is 284 g/mol. The first kappa shape index (κ1) is 16.5. The third-order valence-electron chi connectivity index (χ3n) is 4.64. The topological polar surface area (TPSA) is 83.6 Å². The number of amides is 1. The third kappa shape index (κ3) is 3.31. The zero-order chi connectivity index (χ0) is 16.3. The molecule has 2 rings (SSSR count). The molecule has 1 amide bonds. The van der Waals surface area contributed by atoms with Gasteiger partial charge in [-0.15, -0.1) is 0 Å². The van der Waals surface area contributed by atoms with Crippen LogP contribution in [0.2, 0.25) is 0 Å². The van der Waals surface area contributed by atoms with E-state index in [0.29, 0.717) is 12.8 Å². The Balaban J connectivity index is 2.14. The minimum absolute atomic E-state index is 0.0183. The minimum Gasteiger partial charge on any atom is -0.481 e. The van der Waals surface area contributed by atoms with Gasteiger partial charge in [0.1, 0.15) is 0 Å². The molecule has 0 aliphatic carbocycles. The molecule has 0 bridgehead atoms. The molecule has 0 spiro atoms. The average Bonchev–Trinajstić information content (AvgIpc) is 2.98. The van der Waals surface area contributed by atoms with Crippen LogP contribution in [0.3, 0.4) is 0 Å². The Kier molecular flexibility index (Phi) is 5.21. The first-order chi connectivity index (χ1) is 10.5. The molecule has 1 aliphatic heterocycles. The molecular formula is C16H24N2O4. The first-order valence-electron chi connectivity index (χ1n) is 7.98. The van der Waals surface area contributed by atoms with E-state index >= 15 is 0 Å². The number of piperidine rings is 1. The van der Waals surface area contributed by atoms with Crippen LogP contribution in [0.4, 0.5) is 0 Å². The van der Waals surface area contributed by atoms with E-state index in [1.807, 2.05) is 6.92 Å². The number of carboxylic acid groups (broad SMARTS) is 1. The highest BCUT2D eigenvalue weighted by Crippen LogP contribution is 2.26. The van der Waals surface area contributed by atoms with Crippen LogP contribution in [-0.4, -0.2) is 39.6 Å². The number of nitrogens with zero attached hydrogens (tertiary/aromatic N) is 2. The Labute approximate surface area is 130 Å². The van der Waals surface area contributed by atoms with Gasteiger partial charge in [0.25, 0.3) is 5.91 Å². The normalized spacial score (nSPS) is 22.1. The molecule has 2 unspecified atom stereocenters. The largest absolute Gasteiger partial charge is 0.481 e. The van der Waals surface area contributed by atoms with Crippen molar-refractivity contribution < 1.29 is 19.2 Å². The number of likely N-dealkylation sites (tertiary alicyclic amines) is 1. The van der Waals surface area contributed by atoms with Crippen LogP contribution in [0.5, 0.6) is 0 Å².